The van der Waals surface area contributed by atoms with Gasteiger partial charge in [-0.05, 0) is 36.8 Å². The van der Waals surface area contributed by atoms with Crippen LogP contribution in [0.4, 0.5) is 4.39 Å². The first-order valence-electron chi connectivity index (χ1n) is 9.37. The Morgan fingerprint density at radius 3 is 2.85 bits per heavy atom. The molecule has 1 aromatic carbocycles. The molecular weight excluding hydrogens is 335 g/mol. The Balaban J connectivity index is 1.83. The molecule has 1 N–H and O–H groups in total. The number of likely N-dealkylation sites (N-methyl/N-ethyl adjacent to an activating group) is 1. The number of rotatable bonds is 11. The standard InChI is InChI=1S/C20H29FN2O3/c1-3-15-7-8-17(21)13-19(15)26-12-9-22-18(16-5-4-6-16)14-20(25)23(2)10-11-24/h7-8,11,13,16,18,22H,3-6,9-10,12,14H2,1-2H3. The summed E-state index contributed by atoms with van der Waals surface area (Å²) in [6.07, 6.45) is 5.34. The number of nitrogens with zero attached hydrogens (tertiary/aromatic N) is 1. The monoisotopic (exact) mass is 364 g/mol. The molecule has 0 heterocycles. The second-order valence-electron chi connectivity index (χ2n) is 6.85. The fourth-order valence-corrected chi connectivity index (χ4v) is 3.17. The number of aldehydes is 1. The van der Waals surface area contributed by atoms with E-state index in [0.29, 0.717) is 31.2 Å². The van der Waals surface area contributed by atoms with Crippen molar-refractivity contribution in [2.75, 3.05) is 26.7 Å². The molecule has 1 amide bonds. The molecule has 5 nitrogen and oxygen atoms in total. The molecule has 1 atom stereocenters. The van der Waals surface area contributed by atoms with Crippen molar-refractivity contribution in [1.29, 1.82) is 0 Å². The Bertz CT molecular complexity index is 605. The SMILES string of the molecule is CCc1ccc(F)cc1OCCNC(CC(=O)N(C)CC=O)C1CCC1. The second-order valence-corrected chi connectivity index (χ2v) is 6.85. The zero-order valence-electron chi connectivity index (χ0n) is 15.7. The molecule has 0 aliphatic heterocycles. The van der Waals surface area contributed by atoms with Crippen LogP contribution in [0.1, 0.15) is 38.2 Å². The Hall–Kier alpha value is -1.95. The summed E-state index contributed by atoms with van der Waals surface area (Å²) in [5.41, 5.74) is 0.979. The topological polar surface area (TPSA) is 58.6 Å². The van der Waals surface area contributed by atoms with E-state index in [0.717, 1.165) is 31.1 Å². The third-order valence-electron chi connectivity index (χ3n) is 5.06. The Labute approximate surface area is 154 Å². The Morgan fingerprint density at radius 1 is 1.46 bits per heavy atom. The van der Waals surface area contributed by atoms with Crippen molar-refractivity contribution in [3.63, 3.8) is 0 Å². The second kappa shape index (κ2) is 10.3. The molecule has 26 heavy (non-hydrogen) atoms. The molecule has 1 aliphatic rings. The van der Waals surface area contributed by atoms with Crippen LogP contribution in [-0.2, 0) is 16.0 Å². The summed E-state index contributed by atoms with van der Waals surface area (Å²) >= 11 is 0. The highest BCUT2D eigenvalue weighted by molar-refractivity contribution is 5.78. The molecule has 6 heteroatoms. The summed E-state index contributed by atoms with van der Waals surface area (Å²) < 4.78 is 19.1. The van der Waals surface area contributed by atoms with Gasteiger partial charge in [0, 0.05) is 32.1 Å². The number of hydrogen-bond donors (Lipinski definition) is 1. The van der Waals surface area contributed by atoms with Gasteiger partial charge in [0.1, 0.15) is 24.5 Å². The lowest BCUT2D eigenvalue weighted by Gasteiger charge is -2.35. The molecule has 0 bridgehead atoms. The minimum Gasteiger partial charge on any atom is -0.492 e. The minimum atomic E-state index is -0.304. The largest absolute Gasteiger partial charge is 0.492 e. The van der Waals surface area contributed by atoms with Crippen LogP contribution >= 0.6 is 0 Å². The summed E-state index contributed by atoms with van der Waals surface area (Å²) in [6.45, 7) is 3.13. The average molecular weight is 364 g/mol. The molecule has 2 rings (SSSR count). The van der Waals surface area contributed by atoms with Gasteiger partial charge in [-0.25, -0.2) is 4.39 Å². The van der Waals surface area contributed by atoms with E-state index < -0.39 is 0 Å². The number of carbonyl (C=O) groups excluding carboxylic acids is 2. The van der Waals surface area contributed by atoms with Crippen molar-refractivity contribution in [2.45, 2.75) is 45.1 Å². The third-order valence-corrected chi connectivity index (χ3v) is 5.06. The van der Waals surface area contributed by atoms with Gasteiger partial charge in [0.2, 0.25) is 5.91 Å². The molecule has 1 unspecified atom stereocenters. The number of benzene rings is 1. The van der Waals surface area contributed by atoms with Crippen LogP contribution in [0.15, 0.2) is 18.2 Å². The number of hydrogen-bond acceptors (Lipinski definition) is 4. The van der Waals surface area contributed by atoms with Gasteiger partial charge < -0.3 is 19.7 Å². The van der Waals surface area contributed by atoms with Gasteiger partial charge >= 0.3 is 0 Å². The maximum absolute atomic E-state index is 13.4. The van der Waals surface area contributed by atoms with E-state index in [4.69, 9.17) is 4.74 Å². The van der Waals surface area contributed by atoms with Crippen LogP contribution in [0.25, 0.3) is 0 Å². The molecule has 0 spiro atoms. The van der Waals surface area contributed by atoms with Crippen LogP contribution in [0.5, 0.6) is 5.75 Å². The van der Waals surface area contributed by atoms with Gasteiger partial charge in [-0.2, -0.15) is 0 Å². The molecule has 1 aromatic rings. The number of nitrogens with one attached hydrogen (secondary N) is 1. The van der Waals surface area contributed by atoms with Gasteiger partial charge in [-0.15, -0.1) is 0 Å². The first-order valence-corrected chi connectivity index (χ1v) is 9.37. The lowest BCUT2D eigenvalue weighted by atomic mass is 9.78. The highest BCUT2D eigenvalue weighted by atomic mass is 19.1. The summed E-state index contributed by atoms with van der Waals surface area (Å²) in [5, 5.41) is 3.42. The van der Waals surface area contributed by atoms with Crippen molar-refractivity contribution >= 4 is 12.2 Å². The van der Waals surface area contributed by atoms with Gasteiger partial charge in [0.15, 0.2) is 0 Å². The van der Waals surface area contributed by atoms with Gasteiger partial charge in [0.25, 0.3) is 0 Å². The fraction of sp³-hybridized carbons (Fsp3) is 0.600. The smallest absolute Gasteiger partial charge is 0.224 e. The van der Waals surface area contributed by atoms with Crippen LogP contribution in [-0.4, -0.2) is 49.9 Å². The highest BCUT2D eigenvalue weighted by Crippen LogP contribution is 2.31. The quantitative estimate of drug-likeness (QED) is 0.484. The van der Waals surface area contributed by atoms with Gasteiger partial charge in [0.05, 0.1) is 6.54 Å². The zero-order valence-corrected chi connectivity index (χ0v) is 15.7. The molecule has 0 saturated heterocycles. The van der Waals surface area contributed by atoms with Crippen molar-refractivity contribution in [3.05, 3.63) is 29.6 Å². The van der Waals surface area contributed by atoms with Crippen molar-refractivity contribution in [3.8, 4) is 5.75 Å². The van der Waals surface area contributed by atoms with Gasteiger partial charge in [-0.3, -0.25) is 4.79 Å². The third kappa shape index (κ3) is 5.80. The van der Waals surface area contributed by atoms with Crippen LogP contribution in [0.2, 0.25) is 0 Å². The first-order chi connectivity index (χ1) is 12.5. The highest BCUT2D eigenvalue weighted by Gasteiger charge is 2.29. The predicted molar refractivity (Wildman–Crippen MR) is 98.7 cm³/mol. The van der Waals surface area contributed by atoms with Crippen LogP contribution < -0.4 is 10.1 Å². The van der Waals surface area contributed by atoms with E-state index in [9.17, 15) is 14.0 Å². The molecule has 1 fully saturated rings. The zero-order chi connectivity index (χ0) is 18.9. The lowest BCUT2D eigenvalue weighted by molar-refractivity contribution is -0.132. The molecule has 144 valence electrons. The Kier molecular flexibility index (Phi) is 8.04. The molecule has 0 aromatic heterocycles. The maximum Gasteiger partial charge on any atom is 0.224 e. The van der Waals surface area contributed by atoms with Crippen LogP contribution in [0.3, 0.4) is 0 Å². The predicted octanol–water partition coefficient (Wildman–Crippen LogP) is 2.57. The van der Waals surface area contributed by atoms with E-state index in [1.807, 2.05) is 6.92 Å². The number of ether oxygens (including phenoxy) is 1. The summed E-state index contributed by atoms with van der Waals surface area (Å²) in [6, 6.07) is 4.70. The first kappa shape index (κ1) is 20.4. The van der Waals surface area contributed by atoms with E-state index in [1.54, 1.807) is 13.1 Å². The van der Waals surface area contributed by atoms with E-state index in [-0.39, 0.29) is 24.3 Å². The number of halogens is 1. The van der Waals surface area contributed by atoms with Crippen LogP contribution in [0, 0.1) is 11.7 Å². The summed E-state index contributed by atoms with van der Waals surface area (Å²) in [5.74, 6) is 0.738. The molecule has 1 saturated carbocycles. The average Bonchev–Trinajstić information content (AvgIpc) is 2.57. The van der Waals surface area contributed by atoms with Crippen molar-refractivity contribution in [1.82, 2.24) is 10.2 Å². The number of aryl methyl sites for hydroxylation is 1. The molecular formula is C20H29FN2O3. The van der Waals surface area contributed by atoms with Gasteiger partial charge in [-0.1, -0.05) is 19.4 Å². The maximum atomic E-state index is 13.4. The normalized spacial score (nSPS) is 15.2. The number of carbonyl (C=O) groups is 2. The lowest BCUT2D eigenvalue weighted by Crippen LogP contribution is -2.45. The fourth-order valence-electron chi connectivity index (χ4n) is 3.17. The molecule has 1 aliphatic carbocycles. The van der Waals surface area contributed by atoms with E-state index in [1.165, 1.54) is 23.5 Å². The van der Waals surface area contributed by atoms with E-state index in [2.05, 4.69) is 5.32 Å². The van der Waals surface area contributed by atoms with E-state index >= 15 is 0 Å². The summed E-state index contributed by atoms with van der Waals surface area (Å²) in [4.78, 5) is 24.2. The number of amides is 1. The van der Waals surface area contributed by atoms with Crippen molar-refractivity contribution in [2.24, 2.45) is 5.92 Å². The molecule has 0 radical (unpaired) electrons. The summed E-state index contributed by atoms with van der Waals surface area (Å²) in [7, 11) is 1.65. The minimum absolute atomic E-state index is 0.0270. The Morgan fingerprint density at radius 2 is 2.23 bits per heavy atom. The van der Waals surface area contributed by atoms with Crippen molar-refractivity contribution < 1.29 is 18.7 Å².